The molecule has 1 heterocycles. The number of aromatic nitrogens is 1. The fraction of sp³-hybridized carbons (Fsp3) is 0.667. The Kier molecular flexibility index (Phi) is 6.24. The van der Waals surface area contributed by atoms with Crippen LogP contribution < -0.4 is 11.1 Å². The second-order valence-corrected chi connectivity index (χ2v) is 6.52. The first kappa shape index (κ1) is 17.2. The van der Waals surface area contributed by atoms with Gasteiger partial charge in [0.15, 0.2) is 0 Å². The number of nitrogens with two attached hydrogens (primary N) is 1. The summed E-state index contributed by atoms with van der Waals surface area (Å²) in [7, 11) is 1.73. The minimum atomic E-state index is -0.0360. The minimum absolute atomic E-state index is 0.0309. The number of hydrogen-bond donors (Lipinski definition) is 2. The topological polar surface area (TPSA) is 60.2 Å². The van der Waals surface area contributed by atoms with Crippen LogP contribution in [0, 0.1) is 5.41 Å². The van der Waals surface area contributed by atoms with Crippen molar-refractivity contribution >= 4 is 17.4 Å². The van der Waals surface area contributed by atoms with E-state index in [1.165, 1.54) is 0 Å². The van der Waals surface area contributed by atoms with Gasteiger partial charge in [0.2, 0.25) is 0 Å². The zero-order valence-corrected chi connectivity index (χ0v) is 13.8. The lowest BCUT2D eigenvalue weighted by Gasteiger charge is -2.37. The lowest BCUT2D eigenvalue weighted by atomic mass is 9.82. The molecule has 1 rings (SSSR count). The third-order valence-electron chi connectivity index (χ3n) is 3.28. The summed E-state index contributed by atoms with van der Waals surface area (Å²) < 4.78 is 5.73. The summed E-state index contributed by atoms with van der Waals surface area (Å²) in [6.07, 6.45) is 2.57. The normalized spacial score (nSPS) is 15.1. The minimum Gasteiger partial charge on any atom is -0.383 e. The molecular formula is C15H26ClN3O. The SMILES string of the molecule is CCCNC(c1cc(Cl)cnc1N)C(OC)C(C)(C)C. The number of pyridine rings is 1. The zero-order valence-electron chi connectivity index (χ0n) is 13.0. The highest BCUT2D eigenvalue weighted by Crippen LogP contribution is 2.35. The summed E-state index contributed by atoms with van der Waals surface area (Å²) in [4.78, 5) is 4.16. The lowest BCUT2D eigenvalue weighted by Crippen LogP contribution is -2.42. The monoisotopic (exact) mass is 299 g/mol. The predicted molar refractivity (Wildman–Crippen MR) is 84.9 cm³/mol. The Bertz CT molecular complexity index is 432. The number of ether oxygens (including phenoxy) is 1. The van der Waals surface area contributed by atoms with Crippen molar-refractivity contribution in [2.24, 2.45) is 5.41 Å². The van der Waals surface area contributed by atoms with E-state index in [1.807, 2.05) is 6.07 Å². The second-order valence-electron chi connectivity index (χ2n) is 6.08. The molecular weight excluding hydrogens is 274 g/mol. The molecule has 0 fully saturated rings. The molecule has 0 radical (unpaired) electrons. The molecule has 0 spiro atoms. The van der Waals surface area contributed by atoms with Crippen molar-refractivity contribution in [1.82, 2.24) is 10.3 Å². The Morgan fingerprint density at radius 2 is 2.10 bits per heavy atom. The highest BCUT2D eigenvalue weighted by molar-refractivity contribution is 6.30. The Balaban J connectivity index is 3.19. The molecule has 0 aliphatic heterocycles. The van der Waals surface area contributed by atoms with Gasteiger partial charge in [-0.1, -0.05) is 39.3 Å². The summed E-state index contributed by atoms with van der Waals surface area (Å²) in [6, 6.07) is 1.83. The Morgan fingerprint density at radius 1 is 1.45 bits per heavy atom. The molecule has 1 aromatic heterocycles. The first-order valence-corrected chi connectivity index (χ1v) is 7.36. The molecule has 0 aliphatic carbocycles. The lowest BCUT2D eigenvalue weighted by molar-refractivity contribution is -0.0118. The molecule has 0 aliphatic rings. The van der Waals surface area contributed by atoms with Crippen LogP contribution in [0.5, 0.6) is 0 Å². The molecule has 4 nitrogen and oxygen atoms in total. The van der Waals surface area contributed by atoms with Gasteiger partial charge < -0.3 is 15.8 Å². The van der Waals surface area contributed by atoms with Crippen LogP contribution in [-0.4, -0.2) is 24.7 Å². The van der Waals surface area contributed by atoms with Crippen molar-refractivity contribution in [2.45, 2.75) is 46.3 Å². The van der Waals surface area contributed by atoms with E-state index in [9.17, 15) is 0 Å². The van der Waals surface area contributed by atoms with E-state index < -0.39 is 0 Å². The number of nitrogen functional groups attached to an aromatic ring is 1. The number of halogens is 1. The van der Waals surface area contributed by atoms with Crippen molar-refractivity contribution in [3.05, 3.63) is 22.8 Å². The van der Waals surface area contributed by atoms with Crippen LogP contribution >= 0.6 is 11.6 Å². The Labute approximate surface area is 127 Å². The average Bonchev–Trinajstić information content (AvgIpc) is 2.36. The van der Waals surface area contributed by atoms with E-state index in [1.54, 1.807) is 13.3 Å². The predicted octanol–water partition coefficient (Wildman–Crippen LogP) is 3.42. The molecule has 20 heavy (non-hydrogen) atoms. The molecule has 1 aromatic rings. The second kappa shape index (κ2) is 7.25. The number of methoxy groups -OCH3 is 1. The van der Waals surface area contributed by atoms with Gasteiger partial charge in [0.1, 0.15) is 5.82 Å². The van der Waals surface area contributed by atoms with Crippen molar-refractivity contribution in [2.75, 3.05) is 19.4 Å². The molecule has 2 unspecified atom stereocenters. The van der Waals surface area contributed by atoms with E-state index in [0.717, 1.165) is 18.5 Å². The molecule has 0 saturated carbocycles. The number of hydrogen-bond acceptors (Lipinski definition) is 4. The van der Waals surface area contributed by atoms with Crippen LogP contribution in [0.15, 0.2) is 12.3 Å². The molecule has 114 valence electrons. The van der Waals surface area contributed by atoms with E-state index in [4.69, 9.17) is 22.1 Å². The van der Waals surface area contributed by atoms with Gasteiger partial charge in [-0.05, 0) is 24.4 Å². The zero-order chi connectivity index (χ0) is 15.3. The molecule has 0 amide bonds. The van der Waals surface area contributed by atoms with Crippen LogP contribution in [0.3, 0.4) is 0 Å². The first-order chi connectivity index (χ1) is 9.31. The third-order valence-corrected chi connectivity index (χ3v) is 3.48. The fourth-order valence-corrected chi connectivity index (χ4v) is 2.55. The summed E-state index contributed by atoms with van der Waals surface area (Å²) in [5, 5.41) is 4.09. The molecule has 3 N–H and O–H groups in total. The van der Waals surface area contributed by atoms with E-state index >= 15 is 0 Å². The van der Waals surface area contributed by atoms with E-state index in [0.29, 0.717) is 10.8 Å². The smallest absolute Gasteiger partial charge is 0.128 e. The molecule has 0 bridgehead atoms. The maximum atomic E-state index is 6.07. The van der Waals surface area contributed by atoms with Gasteiger partial charge in [0, 0.05) is 18.9 Å². The van der Waals surface area contributed by atoms with Gasteiger partial charge in [0.25, 0.3) is 0 Å². The van der Waals surface area contributed by atoms with Gasteiger partial charge >= 0.3 is 0 Å². The quantitative estimate of drug-likeness (QED) is 0.845. The van der Waals surface area contributed by atoms with Gasteiger partial charge in [0.05, 0.1) is 17.2 Å². The van der Waals surface area contributed by atoms with Crippen molar-refractivity contribution in [3.63, 3.8) is 0 Å². The van der Waals surface area contributed by atoms with E-state index in [-0.39, 0.29) is 17.6 Å². The molecule has 0 saturated heterocycles. The standard InChI is InChI=1S/C15H26ClN3O/c1-6-7-18-12(13(20-5)15(2,3)4)11-8-10(16)9-19-14(11)17/h8-9,12-13,18H,6-7H2,1-5H3,(H2,17,19). The van der Waals surface area contributed by atoms with E-state index in [2.05, 4.69) is 38.0 Å². The van der Waals surface area contributed by atoms with Crippen LogP contribution in [0.25, 0.3) is 0 Å². The molecule has 0 aromatic carbocycles. The first-order valence-electron chi connectivity index (χ1n) is 6.98. The maximum absolute atomic E-state index is 6.07. The summed E-state index contributed by atoms with van der Waals surface area (Å²) in [5.74, 6) is 0.495. The summed E-state index contributed by atoms with van der Waals surface area (Å²) in [5.41, 5.74) is 6.90. The summed E-state index contributed by atoms with van der Waals surface area (Å²) in [6.45, 7) is 9.46. The molecule has 2 atom stereocenters. The fourth-order valence-electron chi connectivity index (χ4n) is 2.38. The van der Waals surface area contributed by atoms with Gasteiger partial charge in [-0.3, -0.25) is 0 Å². The summed E-state index contributed by atoms with van der Waals surface area (Å²) >= 11 is 6.07. The average molecular weight is 300 g/mol. The number of nitrogens with zero attached hydrogens (tertiary/aromatic N) is 1. The van der Waals surface area contributed by atoms with Crippen LogP contribution in [-0.2, 0) is 4.74 Å². The van der Waals surface area contributed by atoms with Crippen LogP contribution in [0.1, 0.15) is 45.7 Å². The van der Waals surface area contributed by atoms with Crippen molar-refractivity contribution in [3.8, 4) is 0 Å². The molecule has 5 heteroatoms. The maximum Gasteiger partial charge on any atom is 0.128 e. The van der Waals surface area contributed by atoms with Crippen LogP contribution in [0.4, 0.5) is 5.82 Å². The van der Waals surface area contributed by atoms with Crippen LogP contribution in [0.2, 0.25) is 5.02 Å². The van der Waals surface area contributed by atoms with Gasteiger partial charge in [-0.2, -0.15) is 0 Å². The van der Waals surface area contributed by atoms with Crippen molar-refractivity contribution < 1.29 is 4.74 Å². The number of rotatable bonds is 6. The van der Waals surface area contributed by atoms with Gasteiger partial charge in [-0.15, -0.1) is 0 Å². The van der Waals surface area contributed by atoms with Crippen molar-refractivity contribution in [1.29, 1.82) is 0 Å². The number of nitrogens with one attached hydrogen (secondary N) is 1. The third kappa shape index (κ3) is 4.33. The largest absolute Gasteiger partial charge is 0.383 e. The number of anilines is 1. The highest BCUT2D eigenvalue weighted by Gasteiger charge is 2.34. The Morgan fingerprint density at radius 3 is 2.60 bits per heavy atom. The Hall–Kier alpha value is -0.840. The van der Waals surface area contributed by atoms with Gasteiger partial charge in [-0.25, -0.2) is 4.98 Å². The highest BCUT2D eigenvalue weighted by atomic mass is 35.5.